The zero-order valence-corrected chi connectivity index (χ0v) is 14.5. The van der Waals surface area contributed by atoms with Crippen LogP contribution in [0.4, 0.5) is 0 Å². The molecule has 0 aromatic heterocycles. The molecule has 0 unspecified atom stereocenters. The normalized spacial score (nSPS) is 13.6. The summed E-state index contributed by atoms with van der Waals surface area (Å²) in [5.41, 5.74) is 0.947. The summed E-state index contributed by atoms with van der Waals surface area (Å²) in [5, 5.41) is 3.34. The van der Waals surface area contributed by atoms with E-state index in [0.717, 1.165) is 54.6 Å². The van der Waals surface area contributed by atoms with Gasteiger partial charge < -0.3 is 19.5 Å². The molecule has 0 spiro atoms. The monoisotopic (exact) mass is 340 g/mol. The highest BCUT2D eigenvalue weighted by Crippen LogP contribution is 2.31. The number of nitrogens with one attached hydrogen (secondary N) is 1. The number of amidine groups is 1. The summed E-state index contributed by atoms with van der Waals surface area (Å²) >= 11 is 0. The molecule has 132 valence electrons. The Labute approximate surface area is 148 Å². The number of para-hydroxylation sites is 2. The molecule has 2 aromatic carbocycles. The first-order chi connectivity index (χ1) is 12.4. The van der Waals surface area contributed by atoms with E-state index in [4.69, 9.17) is 14.2 Å². The van der Waals surface area contributed by atoms with Gasteiger partial charge in [0.15, 0.2) is 11.5 Å². The summed E-state index contributed by atoms with van der Waals surface area (Å²) in [5.74, 6) is 3.20. The van der Waals surface area contributed by atoms with Crippen molar-refractivity contribution >= 4 is 5.84 Å². The highest BCUT2D eigenvalue weighted by Gasteiger charge is 2.16. The Hall–Kier alpha value is -2.69. The van der Waals surface area contributed by atoms with Crippen molar-refractivity contribution in [2.75, 3.05) is 33.4 Å². The summed E-state index contributed by atoms with van der Waals surface area (Å²) in [7, 11) is 1.65. The standard InChI is InChI=1S/C20H24N2O3/c1-23-18-11-5-10-17(20-21-12-6-13-22-20)19(18)25-15-7-14-24-16-8-3-2-4-9-16/h2-5,8-11H,6-7,12-15H2,1H3,(H,21,22). The largest absolute Gasteiger partial charge is 0.493 e. The fourth-order valence-electron chi connectivity index (χ4n) is 2.66. The summed E-state index contributed by atoms with van der Waals surface area (Å²) in [6.07, 6.45) is 1.84. The topological polar surface area (TPSA) is 52.1 Å². The second-order valence-electron chi connectivity index (χ2n) is 5.71. The van der Waals surface area contributed by atoms with Gasteiger partial charge in [0.25, 0.3) is 0 Å². The van der Waals surface area contributed by atoms with E-state index >= 15 is 0 Å². The summed E-state index contributed by atoms with van der Waals surface area (Å²) in [6, 6.07) is 15.7. The molecule has 0 fully saturated rings. The van der Waals surface area contributed by atoms with Gasteiger partial charge in [0.1, 0.15) is 11.6 Å². The van der Waals surface area contributed by atoms with Gasteiger partial charge in [-0.15, -0.1) is 0 Å². The fraction of sp³-hybridized carbons (Fsp3) is 0.350. The minimum atomic E-state index is 0.549. The lowest BCUT2D eigenvalue weighted by molar-refractivity contribution is 0.240. The van der Waals surface area contributed by atoms with Gasteiger partial charge in [-0.05, 0) is 30.7 Å². The average Bonchev–Trinajstić information content (AvgIpc) is 2.69. The highest BCUT2D eigenvalue weighted by molar-refractivity contribution is 6.02. The van der Waals surface area contributed by atoms with E-state index in [2.05, 4.69) is 10.3 Å². The van der Waals surface area contributed by atoms with Crippen molar-refractivity contribution in [1.29, 1.82) is 0 Å². The molecule has 0 saturated heterocycles. The summed E-state index contributed by atoms with van der Waals surface area (Å²) < 4.78 is 17.2. The number of hydrogen-bond donors (Lipinski definition) is 1. The maximum Gasteiger partial charge on any atom is 0.172 e. The summed E-state index contributed by atoms with van der Waals surface area (Å²) in [6.45, 7) is 2.92. The Morgan fingerprint density at radius 2 is 1.84 bits per heavy atom. The zero-order valence-electron chi connectivity index (χ0n) is 14.5. The molecule has 0 bridgehead atoms. The van der Waals surface area contributed by atoms with Crippen LogP contribution in [0.3, 0.4) is 0 Å². The maximum absolute atomic E-state index is 6.02. The Kier molecular flexibility index (Phi) is 6.15. The van der Waals surface area contributed by atoms with E-state index in [0.29, 0.717) is 13.2 Å². The van der Waals surface area contributed by atoms with Crippen LogP contribution in [-0.2, 0) is 0 Å². The number of benzene rings is 2. The zero-order chi connectivity index (χ0) is 17.3. The van der Waals surface area contributed by atoms with Crippen LogP contribution in [0.25, 0.3) is 0 Å². The van der Waals surface area contributed by atoms with Crippen molar-refractivity contribution in [1.82, 2.24) is 5.32 Å². The first-order valence-corrected chi connectivity index (χ1v) is 8.65. The first-order valence-electron chi connectivity index (χ1n) is 8.65. The molecule has 0 atom stereocenters. The van der Waals surface area contributed by atoms with Gasteiger partial charge >= 0.3 is 0 Å². The molecule has 1 heterocycles. The molecule has 0 aliphatic carbocycles. The first kappa shape index (κ1) is 17.1. The Morgan fingerprint density at radius 1 is 1.00 bits per heavy atom. The molecule has 3 rings (SSSR count). The van der Waals surface area contributed by atoms with E-state index in [1.807, 2.05) is 48.5 Å². The predicted molar refractivity (Wildman–Crippen MR) is 99.1 cm³/mol. The van der Waals surface area contributed by atoms with Crippen LogP contribution in [0, 0.1) is 0 Å². The van der Waals surface area contributed by atoms with Gasteiger partial charge in [0.05, 0.1) is 25.9 Å². The number of rotatable bonds is 8. The lowest BCUT2D eigenvalue weighted by atomic mass is 10.1. The van der Waals surface area contributed by atoms with Crippen molar-refractivity contribution in [3.63, 3.8) is 0 Å². The Bertz CT molecular complexity index is 701. The molecule has 25 heavy (non-hydrogen) atoms. The molecular weight excluding hydrogens is 316 g/mol. The Balaban J connectivity index is 1.60. The smallest absolute Gasteiger partial charge is 0.172 e. The van der Waals surface area contributed by atoms with Crippen LogP contribution in [0.1, 0.15) is 18.4 Å². The fourth-order valence-corrected chi connectivity index (χ4v) is 2.66. The van der Waals surface area contributed by atoms with Gasteiger partial charge in [-0.2, -0.15) is 0 Å². The van der Waals surface area contributed by atoms with E-state index in [1.165, 1.54) is 0 Å². The van der Waals surface area contributed by atoms with Crippen molar-refractivity contribution in [3.05, 3.63) is 54.1 Å². The molecule has 5 nitrogen and oxygen atoms in total. The van der Waals surface area contributed by atoms with Gasteiger partial charge in [0.2, 0.25) is 0 Å². The molecule has 1 aliphatic heterocycles. The van der Waals surface area contributed by atoms with Crippen molar-refractivity contribution in [2.45, 2.75) is 12.8 Å². The number of methoxy groups -OCH3 is 1. The predicted octanol–water partition coefficient (Wildman–Crippen LogP) is 3.28. The van der Waals surface area contributed by atoms with Gasteiger partial charge in [-0.3, -0.25) is 4.99 Å². The molecular formula is C20H24N2O3. The van der Waals surface area contributed by atoms with Crippen molar-refractivity contribution in [3.8, 4) is 17.2 Å². The second-order valence-corrected chi connectivity index (χ2v) is 5.71. The van der Waals surface area contributed by atoms with Crippen LogP contribution in [-0.4, -0.2) is 39.2 Å². The molecule has 2 aromatic rings. The number of ether oxygens (including phenoxy) is 3. The van der Waals surface area contributed by atoms with Crippen molar-refractivity contribution in [2.24, 2.45) is 4.99 Å². The molecule has 5 heteroatoms. The minimum absolute atomic E-state index is 0.549. The van der Waals surface area contributed by atoms with E-state index in [-0.39, 0.29) is 0 Å². The molecule has 1 aliphatic rings. The van der Waals surface area contributed by atoms with E-state index in [9.17, 15) is 0 Å². The van der Waals surface area contributed by atoms with Crippen LogP contribution < -0.4 is 19.5 Å². The van der Waals surface area contributed by atoms with Crippen molar-refractivity contribution < 1.29 is 14.2 Å². The number of aliphatic imine (C=N–C) groups is 1. The van der Waals surface area contributed by atoms with Gasteiger partial charge in [-0.1, -0.05) is 24.3 Å². The highest BCUT2D eigenvalue weighted by atomic mass is 16.5. The average molecular weight is 340 g/mol. The molecule has 0 radical (unpaired) electrons. The third-order valence-corrected chi connectivity index (χ3v) is 3.90. The van der Waals surface area contributed by atoms with Crippen LogP contribution in [0.2, 0.25) is 0 Å². The summed E-state index contributed by atoms with van der Waals surface area (Å²) in [4.78, 5) is 4.57. The molecule has 1 N–H and O–H groups in total. The second kappa shape index (κ2) is 8.97. The van der Waals surface area contributed by atoms with Gasteiger partial charge in [-0.25, -0.2) is 0 Å². The number of nitrogens with zero attached hydrogens (tertiary/aromatic N) is 1. The minimum Gasteiger partial charge on any atom is -0.493 e. The van der Waals surface area contributed by atoms with Gasteiger partial charge in [0, 0.05) is 19.5 Å². The Morgan fingerprint density at radius 3 is 2.60 bits per heavy atom. The third-order valence-electron chi connectivity index (χ3n) is 3.90. The van der Waals surface area contributed by atoms with Crippen LogP contribution >= 0.6 is 0 Å². The van der Waals surface area contributed by atoms with Crippen LogP contribution in [0.15, 0.2) is 53.5 Å². The number of hydrogen-bond acceptors (Lipinski definition) is 5. The lowest BCUT2D eigenvalue weighted by Gasteiger charge is -2.19. The maximum atomic E-state index is 6.02. The van der Waals surface area contributed by atoms with E-state index < -0.39 is 0 Å². The molecule has 0 amide bonds. The quantitative estimate of drug-likeness (QED) is 0.749. The third kappa shape index (κ3) is 4.66. The SMILES string of the molecule is COc1cccc(C2=NCCCN2)c1OCCCOc1ccccc1. The van der Waals surface area contributed by atoms with E-state index in [1.54, 1.807) is 7.11 Å². The lowest BCUT2D eigenvalue weighted by Crippen LogP contribution is -2.30. The van der Waals surface area contributed by atoms with Crippen LogP contribution in [0.5, 0.6) is 17.2 Å². The molecule has 0 saturated carbocycles.